The summed E-state index contributed by atoms with van der Waals surface area (Å²) < 4.78 is 1.24. The summed E-state index contributed by atoms with van der Waals surface area (Å²) in [5.74, 6) is 1.42. The molecule has 0 aliphatic carbocycles. The Morgan fingerprint density at radius 3 is 2.74 bits per heavy atom. The third-order valence-corrected chi connectivity index (χ3v) is 6.49. The molecule has 0 unspecified atom stereocenters. The average Bonchev–Trinajstić information content (AvgIpc) is 3.29. The summed E-state index contributed by atoms with van der Waals surface area (Å²) in [5, 5.41) is 1.21. The summed E-state index contributed by atoms with van der Waals surface area (Å²) in [4.78, 5) is 27.3. The molecule has 0 atom stereocenters. The number of benzene rings is 2. The molecule has 6 heteroatoms. The van der Waals surface area contributed by atoms with E-state index in [-0.39, 0.29) is 5.91 Å². The number of carbonyl (C=O) groups is 1. The Labute approximate surface area is 161 Å². The number of likely N-dealkylation sites (tertiary alicyclic amines) is 1. The van der Waals surface area contributed by atoms with Crippen molar-refractivity contribution >= 4 is 38.5 Å². The van der Waals surface area contributed by atoms with E-state index in [4.69, 9.17) is 4.98 Å². The number of nitrogens with zero attached hydrogens (tertiary/aromatic N) is 3. The van der Waals surface area contributed by atoms with Crippen LogP contribution in [0, 0.1) is 6.92 Å². The zero-order valence-corrected chi connectivity index (χ0v) is 15.9. The molecule has 2 aromatic carbocycles. The summed E-state index contributed by atoms with van der Waals surface area (Å²) >= 11 is 1.79. The van der Waals surface area contributed by atoms with Crippen LogP contribution in [-0.2, 0) is 0 Å². The van der Waals surface area contributed by atoms with Crippen LogP contribution in [0.5, 0.6) is 0 Å². The summed E-state index contributed by atoms with van der Waals surface area (Å²) in [6.07, 6.45) is 1.94. The molecule has 1 fully saturated rings. The second-order valence-electron chi connectivity index (χ2n) is 7.14. The second kappa shape index (κ2) is 6.46. The second-order valence-corrected chi connectivity index (χ2v) is 8.20. The number of carbonyl (C=O) groups excluding carboxylic acids is 1. The van der Waals surface area contributed by atoms with Gasteiger partial charge in [-0.2, -0.15) is 0 Å². The molecule has 1 saturated heterocycles. The van der Waals surface area contributed by atoms with Crippen molar-refractivity contribution in [1.29, 1.82) is 0 Å². The number of para-hydroxylation sites is 1. The van der Waals surface area contributed by atoms with E-state index in [2.05, 4.69) is 28.2 Å². The lowest BCUT2D eigenvalue weighted by molar-refractivity contribution is 0.0713. The molecule has 0 radical (unpaired) electrons. The highest BCUT2D eigenvalue weighted by atomic mass is 32.1. The van der Waals surface area contributed by atoms with Crippen molar-refractivity contribution in [3.05, 3.63) is 58.9 Å². The van der Waals surface area contributed by atoms with Crippen LogP contribution < -0.4 is 0 Å². The number of aromatic amines is 1. The van der Waals surface area contributed by atoms with Crippen LogP contribution in [0.1, 0.15) is 39.9 Å². The predicted molar refractivity (Wildman–Crippen MR) is 108 cm³/mol. The first kappa shape index (κ1) is 16.4. The number of nitrogens with one attached hydrogen (secondary N) is 1. The first-order valence-electron chi connectivity index (χ1n) is 9.28. The standard InChI is InChI=1S/C21H20N4OS/c1-13-22-16-7-6-15(12-18(16)23-13)21(26)25-10-8-14(9-11-25)20-24-17-4-2-3-5-19(17)27-20/h2-7,12,14H,8-11H2,1H3,(H,22,23). The molecule has 1 amide bonds. The van der Waals surface area contributed by atoms with Gasteiger partial charge in [-0.15, -0.1) is 11.3 Å². The molecule has 5 nitrogen and oxygen atoms in total. The number of aryl methyl sites for hydroxylation is 1. The van der Waals surface area contributed by atoms with Crippen molar-refractivity contribution < 1.29 is 4.79 Å². The molecule has 0 bridgehead atoms. The number of hydrogen-bond donors (Lipinski definition) is 1. The number of rotatable bonds is 2. The molecule has 5 rings (SSSR count). The number of hydrogen-bond acceptors (Lipinski definition) is 4. The van der Waals surface area contributed by atoms with Gasteiger partial charge in [0.05, 0.1) is 26.3 Å². The van der Waals surface area contributed by atoms with Gasteiger partial charge in [0.1, 0.15) is 5.82 Å². The first-order valence-corrected chi connectivity index (χ1v) is 10.1. The number of imidazole rings is 1. The minimum Gasteiger partial charge on any atom is -0.342 e. The molecule has 1 aliphatic heterocycles. The molecule has 3 heterocycles. The lowest BCUT2D eigenvalue weighted by Crippen LogP contribution is -2.37. The number of thiazole rings is 1. The van der Waals surface area contributed by atoms with Crippen LogP contribution in [0.4, 0.5) is 0 Å². The maximum absolute atomic E-state index is 12.9. The van der Waals surface area contributed by atoms with E-state index in [0.717, 1.165) is 53.9 Å². The Balaban J connectivity index is 1.30. The SMILES string of the molecule is Cc1nc2ccc(C(=O)N3CCC(c4nc5ccccc5s4)CC3)cc2[nH]1. The van der Waals surface area contributed by atoms with Crippen LogP contribution in [0.15, 0.2) is 42.5 Å². The fourth-order valence-electron chi connectivity index (χ4n) is 3.85. The van der Waals surface area contributed by atoms with Gasteiger partial charge < -0.3 is 9.88 Å². The van der Waals surface area contributed by atoms with Crippen LogP contribution in [0.25, 0.3) is 21.3 Å². The van der Waals surface area contributed by atoms with Gasteiger partial charge in [0.25, 0.3) is 5.91 Å². The van der Waals surface area contributed by atoms with Gasteiger partial charge in [-0.3, -0.25) is 4.79 Å². The Morgan fingerprint density at radius 2 is 1.93 bits per heavy atom. The van der Waals surface area contributed by atoms with Gasteiger partial charge in [-0.1, -0.05) is 12.1 Å². The highest BCUT2D eigenvalue weighted by Crippen LogP contribution is 2.34. The third kappa shape index (κ3) is 3.00. The molecule has 1 aliphatic rings. The molecular weight excluding hydrogens is 356 g/mol. The number of piperidine rings is 1. The third-order valence-electron chi connectivity index (χ3n) is 5.29. The molecule has 0 saturated carbocycles. The number of fused-ring (bicyclic) bond motifs is 2. The van der Waals surface area contributed by atoms with Crippen LogP contribution in [-0.4, -0.2) is 38.8 Å². The molecule has 0 spiro atoms. The van der Waals surface area contributed by atoms with Gasteiger partial charge >= 0.3 is 0 Å². The van der Waals surface area contributed by atoms with E-state index in [1.54, 1.807) is 11.3 Å². The molecule has 1 N–H and O–H groups in total. The van der Waals surface area contributed by atoms with Gasteiger partial charge in [0, 0.05) is 24.6 Å². The van der Waals surface area contributed by atoms with E-state index < -0.39 is 0 Å². The minimum absolute atomic E-state index is 0.104. The zero-order valence-electron chi connectivity index (χ0n) is 15.1. The Morgan fingerprint density at radius 1 is 1.11 bits per heavy atom. The van der Waals surface area contributed by atoms with E-state index in [0.29, 0.717) is 5.92 Å². The summed E-state index contributed by atoms with van der Waals surface area (Å²) in [6.45, 7) is 3.48. The fourth-order valence-corrected chi connectivity index (χ4v) is 4.98. The summed E-state index contributed by atoms with van der Waals surface area (Å²) in [6, 6.07) is 14.0. The van der Waals surface area contributed by atoms with Crippen molar-refractivity contribution in [2.75, 3.05) is 13.1 Å². The maximum Gasteiger partial charge on any atom is 0.253 e. The van der Waals surface area contributed by atoms with Gasteiger partial charge in [0.15, 0.2) is 0 Å². The van der Waals surface area contributed by atoms with E-state index >= 15 is 0 Å². The Bertz CT molecular complexity index is 1100. The van der Waals surface area contributed by atoms with Crippen LogP contribution >= 0.6 is 11.3 Å². The summed E-state index contributed by atoms with van der Waals surface area (Å²) in [5.41, 5.74) is 3.63. The highest BCUT2D eigenvalue weighted by Gasteiger charge is 2.26. The topological polar surface area (TPSA) is 61.9 Å². The smallest absolute Gasteiger partial charge is 0.253 e. The van der Waals surface area contributed by atoms with Gasteiger partial charge in [-0.05, 0) is 50.1 Å². The number of amides is 1. The van der Waals surface area contributed by atoms with Crippen molar-refractivity contribution in [3.63, 3.8) is 0 Å². The Hall–Kier alpha value is -2.73. The average molecular weight is 376 g/mol. The molecular formula is C21H20N4OS. The van der Waals surface area contributed by atoms with Crippen molar-refractivity contribution in [2.24, 2.45) is 0 Å². The lowest BCUT2D eigenvalue weighted by atomic mass is 9.97. The van der Waals surface area contributed by atoms with E-state index in [1.807, 2.05) is 36.1 Å². The van der Waals surface area contributed by atoms with E-state index in [9.17, 15) is 4.79 Å². The normalized spacial score (nSPS) is 15.7. The monoisotopic (exact) mass is 376 g/mol. The number of H-pyrrole nitrogens is 1. The van der Waals surface area contributed by atoms with Gasteiger partial charge in [0.2, 0.25) is 0 Å². The van der Waals surface area contributed by atoms with Gasteiger partial charge in [-0.25, -0.2) is 9.97 Å². The van der Waals surface area contributed by atoms with Crippen molar-refractivity contribution in [2.45, 2.75) is 25.7 Å². The number of aromatic nitrogens is 3. The van der Waals surface area contributed by atoms with Crippen LogP contribution in [0.3, 0.4) is 0 Å². The maximum atomic E-state index is 12.9. The van der Waals surface area contributed by atoms with Crippen molar-refractivity contribution in [1.82, 2.24) is 19.9 Å². The molecule has 136 valence electrons. The van der Waals surface area contributed by atoms with Crippen LogP contribution in [0.2, 0.25) is 0 Å². The van der Waals surface area contributed by atoms with Crippen molar-refractivity contribution in [3.8, 4) is 0 Å². The molecule has 4 aromatic rings. The fraction of sp³-hybridized carbons (Fsp3) is 0.286. The molecule has 2 aromatic heterocycles. The van der Waals surface area contributed by atoms with E-state index in [1.165, 1.54) is 9.71 Å². The summed E-state index contributed by atoms with van der Waals surface area (Å²) in [7, 11) is 0. The largest absolute Gasteiger partial charge is 0.342 e. The Kier molecular flexibility index (Phi) is 3.93. The highest BCUT2D eigenvalue weighted by molar-refractivity contribution is 7.18. The zero-order chi connectivity index (χ0) is 18.4. The molecule has 27 heavy (non-hydrogen) atoms. The minimum atomic E-state index is 0.104. The lowest BCUT2D eigenvalue weighted by Gasteiger charge is -2.31. The quantitative estimate of drug-likeness (QED) is 0.560. The first-order chi connectivity index (χ1) is 13.2. The predicted octanol–water partition coefficient (Wildman–Crippen LogP) is 4.50.